The fourth-order valence-electron chi connectivity index (χ4n) is 2.31. The van der Waals surface area contributed by atoms with E-state index >= 15 is 0 Å². The Kier molecular flexibility index (Phi) is 4.70. The predicted molar refractivity (Wildman–Crippen MR) is 77.5 cm³/mol. The number of nitrogen functional groups attached to an aromatic ring is 1. The van der Waals surface area contributed by atoms with E-state index in [0.717, 1.165) is 35.6 Å². The van der Waals surface area contributed by atoms with Gasteiger partial charge >= 0.3 is 0 Å². The molecule has 1 rings (SSSR count). The highest BCUT2D eigenvalue weighted by Crippen LogP contribution is 2.26. The van der Waals surface area contributed by atoms with Crippen LogP contribution in [0.25, 0.3) is 0 Å². The number of nitrogens with one attached hydrogen (secondary N) is 1. The summed E-state index contributed by atoms with van der Waals surface area (Å²) in [5.74, 6) is 0.0942. The molecule has 1 atom stereocenters. The zero-order valence-corrected chi connectivity index (χ0v) is 12.0. The summed E-state index contributed by atoms with van der Waals surface area (Å²) in [6.07, 6.45) is 1.06. The number of hydrogen-bond acceptors (Lipinski definition) is 3. The van der Waals surface area contributed by atoms with Crippen LogP contribution in [0.15, 0.2) is 6.07 Å². The molecule has 1 heterocycles. The third-order valence-electron chi connectivity index (χ3n) is 3.35. The lowest BCUT2D eigenvalue weighted by molar-refractivity contribution is 0.628. The van der Waals surface area contributed by atoms with Crippen molar-refractivity contribution in [2.75, 3.05) is 11.4 Å². The number of amidine groups is 1. The smallest absolute Gasteiger partial charge is 0.126 e. The van der Waals surface area contributed by atoms with Gasteiger partial charge in [-0.05, 0) is 40.2 Å². The summed E-state index contributed by atoms with van der Waals surface area (Å²) in [5, 5.41) is 7.77. The minimum absolute atomic E-state index is 0.0942. The Bertz CT molecular complexity index is 440. The normalized spacial score (nSPS) is 12.3. The van der Waals surface area contributed by atoms with Crippen molar-refractivity contribution >= 4 is 11.5 Å². The van der Waals surface area contributed by atoms with Crippen LogP contribution in [0.3, 0.4) is 0 Å². The van der Waals surface area contributed by atoms with Gasteiger partial charge in [0.25, 0.3) is 0 Å². The lowest BCUT2D eigenvalue weighted by atomic mass is 10.1. The zero-order valence-electron chi connectivity index (χ0n) is 12.0. The molecule has 0 aromatic carbocycles. The van der Waals surface area contributed by atoms with E-state index in [4.69, 9.17) is 11.1 Å². The van der Waals surface area contributed by atoms with Crippen molar-refractivity contribution in [3.8, 4) is 0 Å². The van der Waals surface area contributed by atoms with Crippen LogP contribution in [-0.4, -0.2) is 23.4 Å². The molecule has 0 aliphatic heterocycles. The van der Waals surface area contributed by atoms with Crippen LogP contribution in [0.2, 0.25) is 0 Å². The molecule has 0 aliphatic carbocycles. The topological polar surface area (TPSA) is 66.0 Å². The van der Waals surface area contributed by atoms with Gasteiger partial charge in [-0.3, -0.25) is 10.4 Å². The quantitative estimate of drug-likeness (QED) is 0.622. The van der Waals surface area contributed by atoms with Gasteiger partial charge in [0, 0.05) is 18.3 Å². The molecule has 0 radical (unpaired) electrons. The number of anilines is 1. The van der Waals surface area contributed by atoms with Crippen molar-refractivity contribution in [1.29, 1.82) is 5.41 Å². The van der Waals surface area contributed by atoms with Crippen LogP contribution in [-0.2, 0) is 0 Å². The van der Waals surface area contributed by atoms with Gasteiger partial charge in [-0.1, -0.05) is 6.92 Å². The molecule has 3 N–H and O–H groups in total. The molecule has 100 valence electrons. The first-order chi connectivity index (χ1) is 8.42. The summed E-state index contributed by atoms with van der Waals surface area (Å²) in [6.45, 7) is 11.3. The lowest BCUT2D eigenvalue weighted by Crippen LogP contribution is -2.34. The van der Waals surface area contributed by atoms with E-state index in [9.17, 15) is 0 Å². The van der Waals surface area contributed by atoms with Gasteiger partial charge in [-0.25, -0.2) is 0 Å². The van der Waals surface area contributed by atoms with Crippen molar-refractivity contribution < 1.29 is 0 Å². The highest BCUT2D eigenvalue weighted by molar-refractivity contribution is 6.01. The Labute approximate surface area is 110 Å². The van der Waals surface area contributed by atoms with Gasteiger partial charge in [0.15, 0.2) is 0 Å². The molecule has 4 nitrogen and oxygen atoms in total. The average Bonchev–Trinajstić information content (AvgIpc) is 2.28. The van der Waals surface area contributed by atoms with Crippen LogP contribution >= 0.6 is 0 Å². The van der Waals surface area contributed by atoms with E-state index < -0.39 is 0 Å². The monoisotopic (exact) mass is 248 g/mol. The first kappa shape index (κ1) is 14.5. The lowest BCUT2D eigenvalue weighted by Gasteiger charge is -2.31. The maximum atomic E-state index is 7.77. The summed E-state index contributed by atoms with van der Waals surface area (Å²) in [6, 6.07) is 2.45. The van der Waals surface area contributed by atoms with E-state index in [1.165, 1.54) is 0 Å². The van der Waals surface area contributed by atoms with Crippen molar-refractivity contribution in [2.24, 2.45) is 5.73 Å². The fraction of sp³-hybridized carbons (Fsp3) is 0.571. The van der Waals surface area contributed by atoms with Crippen molar-refractivity contribution in [1.82, 2.24) is 4.98 Å². The molecule has 0 saturated carbocycles. The number of pyridine rings is 1. The standard InChI is InChI=1S/C14H24N4/c1-6-10(4)18(7-2)12-8-9(3)17-11(5)13(12)14(15)16/h8,10H,6-7H2,1-5H3,(H3,15,16). The number of nitrogens with two attached hydrogens (primary N) is 1. The minimum Gasteiger partial charge on any atom is -0.384 e. The van der Waals surface area contributed by atoms with Gasteiger partial charge < -0.3 is 10.6 Å². The first-order valence-electron chi connectivity index (χ1n) is 6.51. The summed E-state index contributed by atoms with van der Waals surface area (Å²) in [5.41, 5.74) is 9.31. The molecular weight excluding hydrogens is 224 g/mol. The third kappa shape index (κ3) is 2.81. The Morgan fingerprint density at radius 1 is 1.44 bits per heavy atom. The van der Waals surface area contributed by atoms with Crippen LogP contribution in [0.5, 0.6) is 0 Å². The number of aromatic nitrogens is 1. The molecule has 0 spiro atoms. The van der Waals surface area contributed by atoms with Crippen LogP contribution in [0, 0.1) is 19.3 Å². The van der Waals surface area contributed by atoms with E-state index in [0.29, 0.717) is 6.04 Å². The van der Waals surface area contributed by atoms with E-state index in [-0.39, 0.29) is 5.84 Å². The molecular formula is C14H24N4. The fourth-order valence-corrected chi connectivity index (χ4v) is 2.31. The summed E-state index contributed by atoms with van der Waals surface area (Å²) < 4.78 is 0. The average molecular weight is 248 g/mol. The molecule has 0 saturated heterocycles. The van der Waals surface area contributed by atoms with Gasteiger partial charge in [0.1, 0.15) is 5.84 Å². The molecule has 1 aromatic rings. The molecule has 0 fully saturated rings. The number of aryl methyl sites for hydroxylation is 2. The van der Waals surface area contributed by atoms with Gasteiger partial charge in [0.2, 0.25) is 0 Å². The molecule has 0 bridgehead atoms. The number of hydrogen-bond donors (Lipinski definition) is 2. The Morgan fingerprint density at radius 3 is 2.50 bits per heavy atom. The zero-order chi connectivity index (χ0) is 13.9. The second kappa shape index (κ2) is 5.85. The molecule has 1 unspecified atom stereocenters. The second-order valence-corrected chi connectivity index (χ2v) is 4.70. The first-order valence-corrected chi connectivity index (χ1v) is 6.51. The Hall–Kier alpha value is -1.58. The third-order valence-corrected chi connectivity index (χ3v) is 3.35. The molecule has 1 aromatic heterocycles. The molecule has 4 heteroatoms. The number of rotatable bonds is 5. The molecule has 0 aliphatic rings. The second-order valence-electron chi connectivity index (χ2n) is 4.70. The van der Waals surface area contributed by atoms with Crippen LogP contribution < -0.4 is 10.6 Å². The van der Waals surface area contributed by atoms with Crippen LogP contribution in [0.1, 0.15) is 44.1 Å². The van der Waals surface area contributed by atoms with Gasteiger partial charge in [0.05, 0.1) is 16.9 Å². The summed E-state index contributed by atoms with van der Waals surface area (Å²) in [4.78, 5) is 6.70. The maximum absolute atomic E-state index is 7.77. The highest BCUT2D eigenvalue weighted by Gasteiger charge is 2.19. The Morgan fingerprint density at radius 2 is 2.06 bits per heavy atom. The SMILES string of the molecule is CCC(C)N(CC)c1cc(C)nc(C)c1C(=N)N. The van der Waals surface area contributed by atoms with E-state index in [1.54, 1.807) is 0 Å². The summed E-state index contributed by atoms with van der Waals surface area (Å²) in [7, 11) is 0. The van der Waals surface area contributed by atoms with E-state index in [2.05, 4.69) is 30.7 Å². The highest BCUT2D eigenvalue weighted by atomic mass is 15.2. The van der Waals surface area contributed by atoms with Crippen LogP contribution in [0.4, 0.5) is 5.69 Å². The van der Waals surface area contributed by atoms with Gasteiger partial charge in [-0.2, -0.15) is 0 Å². The van der Waals surface area contributed by atoms with Crippen molar-refractivity contribution in [3.05, 3.63) is 23.0 Å². The largest absolute Gasteiger partial charge is 0.384 e. The van der Waals surface area contributed by atoms with Gasteiger partial charge in [-0.15, -0.1) is 0 Å². The minimum atomic E-state index is 0.0942. The molecule has 18 heavy (non-hydrogen) atoms. The van der Waals surface area contributed by atoms with E-state index in [1.807, 2.05) is 19.9 Å². The van der Waals surface area contributed by atoms with Crippen molar-refractivity contribution in [2.45, 2.75) is 47.1 Å². The maximum Gasteiger partial charge on any atom is 0.126 e. The van der Waals surface area contributed by atoms with Crippen molar-refractivity contribution in [3.63, 3.8) is 0 Å². The Balaban J connectivity index is 3.40. The molecule has 0 amide bonds. The number of nitrogens with zero attached hydrogens (tertiary/aromatic N) is 2. The predicted octanol–water partition coefficient (Wildman–Crippen LogP) is 2.61. The summed E-state index contributed by atoms with van der Waals surface area (Å²) >= 11 is 0.